The topological polar surface area (TPSA) is 148 Å². The van der Waals surface area contributed by atoms with Crippen molar-refractivity contribution in [1.82, 2.24) is 0 Å². The molecule has 16 heteroatoms. The fourth-order valence-corrected chi connectivity index (χ4v) is 3.23. The van der Waals surface area contributed by atoms with Crippen LogP contribution in [0.15, 0.2) is 17.5 Å². The third-order valence-electron chi connectivity index (χ3n) is 4.18. The van der Waals surface area contributed by atoms with E-state index in [0.29, 0.717) is 13.0 Å². The van der Waals surface area contributed by atoms with Gasteiger partial charge >= 0.3 is 12.2 Å². The number of nitrogens with two attached hydrogens (primary N) is 1. The number of hydrogen-bond donors (Lipinski definition) is 3. The van der Waals surface area contributed by atoms with E-state index < -0.39 is 56.9 Å². The molecule has 0 aliphatic carbocycles. The highest BCUT2D eigenvalue weighted by atomic mass is 32.1. The molecule has 2 atom stereocenters. The standard InChI is InChI=1S/C22H35F4NO10S/c23-21(24,14-35-13-18(29)11-31-5-3-19-2-1-9-38-19)37-22(25,26)15-36-16-34-8-7-33-12-17(28)10-32-6-4-20(27)30/h1-2,9,17-18,28-29H,3-8,10-16H2,(H2,27,30). The first-order valence-electron chi connectivity index (χ1n) is 11.6. The molecule has 0 aromatic carbocycles. The van der Waals surface area contributed by atoms with Crippen molar-refractivity contribution in [3.63, 3.8) is 0 Å². The SMILES string of the molecule is NC(=O)CCOCC(O)COCCOCOCC(F)(F)OC(F)(F)COCC(O)COCCc1cccs1. The first-order chi connectivity index (χ1) is 18.0. The average Bonchev–Trinajstić information content (AvgIpc) is 3.34. The Kier molecular flexibility index (Phi) is 17.8. The van der Waals surface area contributed by atoms with Crippen LogP contribution in [-0.4, -0.2) is 113 Å². The molecule has 1 aromatic rings. The average molecular weight is 582 g/mol. The zero-order valence-corrected chi connectivity index (χ0v) is 21.6. The molecule has 1 amide bonds. The minimum Gasteiger partial charge on any atom is -0.388 e. The van der Waals surface area contributed by atoms with Crippen LogP contribution in [-0.2, 0) is 44.4 Å². The largest absolute Gasteiger partial charge is 0.388 e. The van der Waals surface area contributed by atoms with Crippen LogP contribution >= 0.6 is 11.3 Å². The lowest BCUT2D eigenvalue weighted by Crippen LogP contribution is -2.40. The van der Waals surface area contributed by atoms with Crippen molar-refractivity contribution >= 4 is 17.2 Å². The number of rotatable bonds is 25. The van der Waals surface area contributed by atoms with Gasteiger partial charge in [-0.1, -0.05) is 6.07 Å². The molecule has 0 saturated carbocycles. The van der Waals surface area contributed by atoms with Crippen molar-refractivity contribution < 1.29 is 65.7 Å². The number of amides is 1. The van der Waals surface area contributed by atoms with E-state index in [0.717, 1.165) is 4.88 Å². The van der Waals surface area contributed by atoms with E-state index in [1.165, 1.54) is 0 Å². The van der Waals surface area contributed by atoms with Crippen molar-refractivity contribution in [2.45, 2.75) is 37.3 Å². The minimum absolute atomic E-state index is 0.0183. The number of halogens is 4. The summed E-state index contributed by atoms with van der Waals surface area (Å²) in [5, 5.41) is 21.2. The molecule has 1 aromatic heterocycles. The summed E-state index contributed by atoms with van der Waals surface area (Å²) in [7, 11) is 0. The van der Waals surface area contributed by atoms with E-state index in [2.05, 4.69) is 14.2 Å². The number of primary amides is 1. The van der Waals surface area contributed by atoms with Gasteiger partial charge in [0.1, 0.15) is 32.2 Å². The molecule has 38 heavy (non-hydrogen) atoms. The van der Waals surface area contributed by atoms with Gasteiger partial charge in [-0.3, -0.25) is 9.53 Å². The summed E-state index contributed by atoms with van der Waals surface area (Å²) in [4.78, 5) is 11.6. The lowest BCUT2D eigenvalue weighted by atomic mass is 10.3. The smallest absolute Gasteiger partial charge is 0.383 e. The van der Waals surface area contributed by atoms with E-state index in [9.17, 15) is 32.6 Å². The second-order valence-corrected chi connectivity index (χ2v) is 8.88. The lowest BCUT2D eigenvalue weighted by molar-refractivity contribution is -0.396. The van der Waals surface area contributed by atoms with Gasteiger partial charge in [0.25, 0.3) is 0 Å². The summed E-state index contributed by atoms with van der Waals surface area (Å²) in [6.07, 6.45) is -10.2. The van der Waals surface area contributed by atoms with Crippen LogP contribution in [0.3, 0.4) is 0 Å². The van der Waals surface area contributed by atoms with Crippen LogP contribution in [0.4, 0.5) is 17.6 Å². The summed E-state index contributed by atoms with van der Waals surface area (Å²) >= 11 is 1.55. The van der Waals surface area contributed by atoms with Gasteiger partial charge in [-0.2, -0.15) is 17.6 Å². The molecular formula is C22H35F4NO10S. The summed E-state index contributed by atoms with van der Waals surface area (Å²) in [5.41, 5.74) is 4.93. The molecule has 0 fully saturated rings. The molecule has 1 heterocycles. The van der Waals surface area contributed by atoms with E-state index >= 15 is 0 Å². The molecule has 0 aliphatic heterocycles. The Morgan fingerprint density at radius 3 is 2.00 bits per heavy atom. The number of carbonyl (C=O) groups is 1. The highest BCUT2D eigenvalue weighted by Crippen LogP contribution is 2.27. The van der Waals surface area contributed by atoms with Gasteiger partial charge in [-0.05, 0) is 11.4 Å². The maximum Gasteiger partial charge on any atom is 0.383 e. The quantitative estimate of drug-likeness (QED) is 0.0873. The van der Waals surface area contributed by atoms with Gasteiger partial charge in [0.05, 0.1) is 52.9 Å². The Morgan fingerprint density at radius 1 is 0.842 bits per heavy atom. The van der Waals surface area contributed by atoms with Crippen molar-refractivity contribution in [3.8, 4) is 0 Å². The Hall–Kier alpha value is -1.47. The van der Waals surface area contributed by atoms with Crippen LogP contribution in [0.25, 0.3) is 0 Å². The van der Waals surface area contributed by atoms with Crippen LogP contribution in [0.2, 0.25) is 0 Å². The van der Waals surface area contributed by atoms with Gasteiger partial charge in [0.2, 0.25) is 5.91 Å². The second kappa shape index (κ2) is 19.6. The second-order valence-electron chi connectivity index (χ2n) is 7.84. The first kappa shape index (κ1) is 34.6. The molecule has 0 aliphatic rings. The summed E-state index contributed by atoms with van der Waals surface area (Å²) < 4.78 is 87.3. The minimum atomic E-state index is -4.34. The Bertz CT molecular complexity index is 733. The maximum absolute atomic E-state index is 13.7. The molecule has 0 bridgehead atoms. The highest BCUT2D eigenvalue weighted by molar-refractivity contribution is 7.09. The molecule has 1 rings (SSSR count). The molecule has 2 unspecified atom stereocenters. The molecular weight excluding hydrogens is 546 g/mol. The Labute approximate surface area is 221 Å². The monoisotopic (exact) mass is 581 g/mol. The number of aliphatic hydroxyl groups is 2. The van der Waals surface area contributed by atoms with E-state index in [1.54, 1.807) is 11.3 Å². The van der Waals surface area contributed by atoms with Gasteiger partial charge in [-0.25, -0.2) is 0 Å². The number of carbonyl (C=O) groups excluding carboxylic acids is 1. The van der Waals surface area contributed by atoms with Crippen molar-refractivity contribution in [2.75, 3.05) is 72.9 Å². The van der Waals surface area contributed by atoms with E-state index in [4.69, 9.17) is 24.7 Å². The molecule has 0 spiro atoms. The number of thiophene rings is 1. The molecule has 0 radical (unpaired) electrons. The van der Waals surface area contributed by atoms with E-state index in [1.807, 2.05) is 17.5 Å². The molecule has 11 nitrogen and oxygen atoms in total. The summed E-state index contributed by atoms with van der Waals surface area (Å²) in [5.74, 6) is -0.531. The third kappa shape index (κ3) is 19.6. The van der Waals surface area contributed by atoms with Crippen molar-refractivity contribution in [1.29, 1.82) is 0 Å². The fraction of sp³-hybridized carbons (Fsp3) is 0.773. The predicted molar refractivity (Wildman–Crippen MR) is 125 cm³/mol. The molecule has 4 N–H and O–H groups in total. The van der Waals surface area contributed by atoms with Gasteiger partial charge in [-0.15, -0.1) is 11.3 Å². The predicted octanol–water partition coefficient (Wildman–Crippen LogP) is 1.15. The Morgan fingerprint density at radius 2 is 1.39 bits per heavy atom. The molecule has 0 saturated heterocycles. The van der Waals surface area contributed by atoms with Gasteiger partial charge in [0, 0.05) is 17.7 Å². The number of aliphatic hydroxyl groups excluding tert-OH is 2. The maximum atomic E-state index is 13.7. The number of ether oxygens (including phenoxy) is 7. The van der Waals surface area contributed by atoms with Crippen molar-refractivity contribution in [3.05, 3.63) is 22.4 Å². The van der Waals surface area contributed by atoms with Crippen LogP contribution < -0.4 is 5.73 Å². The lowest BCUT2D eigenvalue weighted by Gasteiger charge is -2.24. The fourth-order valence-electron chi connectivity index (χ4n) is 2.54. The highest BCUT2D eigenvalue weighted by Gasteiger charge is 2.44. The van der Waals surface area contributed by atoms with E-state index in [-0.39, 0.29) is 46.1 Å². The van der Waals surface area contributed by atoms with Gasteiger partial charge < -0.3 is 44.4 Å². The van der Waals surface area contributed by atoms with Crippen LogP contribution in [0.1, 0.15) is 11.3 Å². The number of hydrogen-bond acceptors (Lipinski definition) is 11. The van der Waals surface area contributed by atoms with Crippen LogP contribution in [0, 0.1) is 0 Å². The third-order valence-corrected chi connectivity index (χ3v) is 5.12. The first-order valence-corrected chi connectivity index (χ1v) is 12.5. The normalized spacial score (nSPS) is 14.1. The Balaban J connectivity index is 2.03. The summed E-state index contributed by atoms with van der Waals surface area (Å²) in [6, 6.07) is 3.81. The van der Waals surface area contributed by atoms with Crippen molar-refractivity contribution in [2.24, 2.45) is 5.73 Å². The van der Waals surface area contributed by atoms with Crippen LogP contribution in [0.5, 0.6) is 0 Å². The number of alkyl halides is 4. The summed E-state index contributed by atoms with van der Waals surface area (Å²) in [6.45, 7) is -4.31. The van der Waals surface area contributed by atoms with Gasteiger partial charge in [0.15, 0.2) is 0 Å². The molecule has 222 valence electrons. The zero-order chi connectivity index (χ0) is 28.3. The zero-order valence-electron chi connectivity index (χ0n) is 20.7.